The third kappa shape index (κ3) is 4.67. The maximum absolute atomic E-state index is 11.7. The van der Waals surface area contributed by atoms with Crippen molar-refractivity contribution < 1.29 is 4.79 Å². The number of carbonyl (C=O) groups excluding carboxylic acids is 1. The van der Waals surface area contributed by atoms with Gasteiger partial charge in [-0.05, 0) is 31.6 Å². The summed E-state index contributed by atoms with van der Waals surface area (Å²) in [5.41, 5.74) is 0. The van der Waals surface area contributed by atoms with Gasteiger partial charge in [-0.25, -0.2) is 0 Å². The van der Waals surface area contributed by atoms with Gasteiger partial charge in [0.25, 0.3) is 0 Å². The van der Waals surface area contributed by atoms with Gasteiger partial charge in [-0.1, -0.05) is 33.6 Å². The molecule has 1 unspecified atom stereocenters. The average molecular weight is 211 g/mol. The van der Waals surface area contributed by atoms with Gasteiger partial charge in [-0.2, -0.15) is 0 Å². The number of nitrogens with one attached hydrogen (secondary N) is 1. The Morgan fingerprint density at radius 3 is 2.33 bits per heavy atom. The molecular formula is C13H25NO. The molecule has 1 N–H and O–H groups in total. The highest BCUT2D eigenvalue weighted by atomic mass is 16.1. The van der Waals surface area contributed by atoms with Gasteiger partial charge in [0.2, 0.25) is 5.91 Å². The van der Waals surface area contributed by atoms with Crippen LogP contribution in [-0.4, -0.2) is 11.9 Å². The molecule has 0 spiro atoms. The van der Waals surface area contributed by atoms with E-state index in [2.05, 4.69) is 26.1 Å². The lowest BCUT2D eigenvalue weighted by Gasteiger charge is -2.16. The van der Waals surface area contributed by atoms with Gasteiger partial charge in [0, 0.05) is 12.0 Å². The van der Waals surface area contributed by atoms with E-state index in [1.807, 2.05) is 0 Å². The van der Waals surface area contributed by atoms with Crippen molar-refractivity contribution in [2.45, 2.75) is 65.3 Å². The second kappa shape index (κ2) is 6.14. The zero-order valence-electron chi connectivity index (χ0n) is 10.4. The van der Waals surface area contributed by atoms with E-state index >= 15 is 0 Å². The number of carbonyl (C=O) groups is 1. The number of hydrogen-bond donors (Lipinski definition) is 1. The smallest absolute Gasteiger partial charge is 0.223 e. The van der Waals surface area contributed by atoms with Crippen molar-refractivity contribution in [3.63, 3.8) is 0 Å². The molecule has 0 aromatic rings. The van der Waals surface area contributed by atoms with Crippen LogP contribution in [-0.2, 0) is 4.79 Å². The highest BCUT2D eigenvalue weighted by molar-refractivity contribution is 5.78. The Kier molecular flexibility index (Phi) is 5.13. The van der Waals surface area contributed by atoms with Crippen LogP contribution in [0.1, 0.15) is 59.3 Å². The molecule has 1 fully saturated rings. The van der Waals surface area contributed by atoms with E-state index < -0.39 is 0 Å². The number of hydrogen-bond acceptors (Lipinski definition) is 1. The Morgan fingerprint density at radius 1 is 1.27 bits per heavy atom. The highest BCUT2D eigenvalue weighted by Gasteiger charge is 2.25. The molecule has 0 bridgehead atoms. The van der Waals surface area contributed by atoms with Crippen molar-refractivity contribution in [3.05, 3.63) is 0 Å². The quantitative estimate of drug-likeness (QED) is 0.688. The topological polar surface area (TPSA) is 29.1 Å². The van der Waals surface area contributed by atoms with Gasteiger partial charge < -0.3 is 5.32 Å². The highest BCUT2D eigenvalue weighted by Crippen LogP contribution is 2.22. The third-order valence-electron chi connectivity index (χ3n) is 3.53. The van der Waals surface area contributed by atoms with Crippen LogP contribution in [0.4, 0.5) is 0 Å². The maximum atomic E-state index is 11.7. The summed E-state index contributed by atoms with van der Waals surface area (Å²) in [5, 5.41) is 3.07. The first-order chi connectivity index (χ1) is 7.17. The summed E-state index contributed by atoms with van der Waals surface area (Å²) in [6, 6.07) is 0.507. The third-order valence-corrected chi connectivity index (χ3v) is 3.53. The minimum atomic E-state index is 0.200. The summed E-state index contributed by atoms with van der Waals surface area (Å²) >= 11 is 0. The Hall–Kier alpha value is -0.530. The Morgan fingerprint density at radius 2 is 1.87 bits per heavy atom. The lowest BCUT2D eigenvalue weighted by molar-refractivity contribution is -0.124. The van der Waals surface area contributed by atoms with E-state index in [0.717, 1.165) is 12.3 Å². The van der Waals surface area contributed by atoms with Gasteiger partial charge in [0.15, 0.2) is 0 Å². The first-order valence-electron chi connectivity index (χ1n) is 6.47. The molecule has 1 saturated carbocycles. The summed E-state index contributed by atoms with van der Waals surface area (Å²) in [6.45, 7) is 6.53. The van der Waals surface area contributed by atoms with E-state index in [0.29, 0.717) is 6.04 Å². The van der Waals surface area contributed by atoms with Gasteiger partial charge >= 0.3 is 0 Å². The van der Waals surface area contributed by atoms with E-state index in [9.17, 15) is 4.79 Å². The molecule has 1 aliphatic rings. The van der Waals surface area contributed by atoms with E-state index in [-0.39, 0.29) is 11.8 Å². The summed E-state index contributed by atoms with van der Waals surface area (Å²) < 4.78 is 0. The van der Waals surface area contributed by atoms with Crippen LogP contribution in [0.3, 0.4) is 0 Å². The first kappa shape index (κ1) is 12.5. The zero-order chi connectivity index (χ0) is 11.3. The van der Waals surface area contributed by atoms with Crippen LogP contribution in [0, 0.1) is 11.8 Å². The van der Waals surface area contributed by atoms with E-state index in [4.69, 9.17) is 0 Å². The SMILES string of the molecule is CCC(CC)CCC(C)C(=O)NC1CC1. The fraction of sp³-hybridized carbons (Fsp3) is 0.923. The molecule has 2 nitrogen and oxygen atoms in total. The summed E-state index contributed by atoms with van der Waals surface area (Å²) in [4.78, 5) is 11.7. The molecular weight excluding hydrogens is 186 g/mol. The van der Waals surface area contributed by atoms with E-state index in [1.165, 1.54) is 32.1 Å². The molecule has 0 saturated heterocycles. The monoisotopic (exact) mass is 211 g/mol. The van der Waals surface area contributed by atoms with Crippen molar-refractivity contribution in [3.8, 4) is 0 Å². The minimum Gasteiger partial charge on any atom is -0.353 e. The fourth-order valence-corrected chi connectivity index (χ4v) is 1.88. The number of rotatable bonds is 7. The van der Waals surface area contributed by atoms with Gasteiger partial charge in [-0.3, -0.25) is 4.79 Å². The van der Waals surface area contributed by atoms with Crippen LogP contribution in [0.15, 0.2) is 0 Å². The lowest BCUT2D eigenvalue weighted by atomic mass is 9.93. The molecule has 0 radical (unpaired) electrons. The van der Waals surface area contributed by atoms with Crippen LogP contribution in [0.2, 0.25) is 0 Å². The normalized spacial score (nSPS) is 17.9. The Balaban J connectivity index is 2.15. The Labute approximate surface area is 93.8 Å². The van der Waals surface area contributed by atoms with Crippen molar-refractivity contribution >= 4 is 5.91 Å². The second-order valence-electron chi connectivity index (χ2n) is 4.94. The summed E-state index contributed by atoms with van der Waals surface area (Å²) in [6.07, 6.45) is 7.11. The van der Waals surface area contributed by atoms with Crippen LogP contribution in [0.5, 0.6) is 0 Å². The predicted octanol–water partition coefficient (Wildman–Crippen LogP) is 3.12. The summed E-state index contributed by atoms with van der Waals surface area (Å²) in [7, 11) is 0. The summed E-state index contributed by atoms with van der Waals surface area (Å²) in [5.74, 6) is 1.27. The van der Waals surface area contributed by atoms with Gasteiger partial charge in [-0.15, -0.1) is 0 Å². The number of amides is 1. The molecule has 88 valence electrons. The van der Waals surface area contributed by atoms with E-state index in [1.54, 1.807) is 0 Å². The van der Waals surface area contributed by atoms with Crippen molar-refractivity contribution in [1.29, 1.82) is 0 Å². The molecule has 0 aliphatic heterocycles. The van der Waals surface area contributed by atoms with Crippen molar-refractivity contribution in [1.82, 2.24) is 5.32 Å². The maximum Gasteiger partial charge on any atom is 0.223 e. The average Bonchev–Trinajstić information content (AvgIpc) is 3.02. The lowest BCUT2D eigenvalue weighted by Crippen LogP contribution is -2.31. The molecule has 0 heterocycles. The van der Waals surface area contributed by atoms with Crippen molar-refractivity contribution in [2.24, 2.45) is 11.8 Å². The molecule has 1 atom stereocenters. The van der Waals surface area contributed by atoms with Crippen LogP contribution in [0.25, 0.3) is 0 Å². The zero-order valence-corrected chi connectivity index (χ0v) is 10.4. The molecule has 1 amide bonds. The second-order valence-corrected chi connectivity index (χ2v) is 4.94. The van der Waals surface area contributed by atoms with Gasteiger partial charge in [0.05, 0.1) is 0 Å². The molecule has 15 heavy (non-hydrogen) atoms. The Bertz CT molecular complexity index is 195. The molecule has 1 rings (SSSR count). The van der Waals surface area contributed by atoms with Crippen LogP contribution < -0.4 is 5.32 Å². The van der Waals surface area contributed by atoms with Crippen LogP contribution >= 0.6 is 0 Å². The van der Waals surface area contributed by atoms with Gasteiger partial charge in [0.1, 0.15) is 0 Å². The molecule has 1 aliphatic carbocycles. The predicted molar refractivity (Wildman–Crippen MR) is 63.6 cm³/mol. The largest absolute Gasteiger partial charge is 0.353 e. The fourth-order valence-electron chi connectivity index (χ4n) is 1.88. The molecule has 0 aromatic heterocycles. The van der Waals surface area contributed by atoms with Crippen molar-refractivity contribution in [2.75, 3.05) is 0 Å². The minimum absolute atomic E-state index is 0.200. The first-order valence-corrected chi connectivity index (χ1v) is 6.47. The molecule has 2 heteroatoms. The molecule has 0 aromatic carbocycles. The standard InChI is InChI=1S/C13H25NO/c1-4-11(5-2)7-6-10(3)13(15)14-12-8-9-12/h10-12H,4-9H2,1-3H3,(H,14,15).